The molecule has 0 atom stereocenters. The summed E-state index contributed by atoms with van der Waals surface area (Å²) in [6.45, 7) is 2.02. The Labute approximate surface area is 128 Å². The molecule has 2 aromatic carbocycles. The van der Waals surface area contributed by atoms with E-state index in [1.54, 1.807) is 0 Å². The molecule has 0 saturated carbocycles. The summed E-state index contributed by atoms with van der Waals surface area (Å²) in [6.07, 6.45) is 0. The lowest BCUT2D eigenvalue weighted by Gasteiger charge is -2.07. The van der Waals surface area contributed by atoms with Crippen LogP contribution in [0.1, 0.15) is 15.9 Å². The summed E-state index contributed by atoms with van der Waals surface area (Å²) in [5, 5.41) is 2.89. The van der Waals surface area contributed by atoms with E-state index >= 15 is 0 Å². The van der Waals surface area contributed by atoms with Gasteiger partial charge in [0.2, 0.25) is 0 Å². The molecule has 0 fully saturated rings. The smallest absolute Gasteiger partial charge is 0.256 e. The Bertz CT molecular complexity index is 581. The van der Waals surface area contributed by atoms with E-state index in [2.05, 4.69) is 43.8 Å². The van der Waals surface area contributed by atoms with E-state index in [0.717, 1.165) is 13.7 Å². The maximum absolute atomic E-state index is 12.1. The number of hydrogen-bond donors (Lipinski definition) is 1. The van der Waals surface area contributed by atoms with E-state index in [9.17, 15) is 4.79 Å². The fraction of sp³-hybridized carbons (Fsp3) is 0.0714. The van der Waals surface area contributed by atoms with Gasteiger partial charge in [-0.1, -0.05) is 33.6 Å². The topological polar surface area (TPSA) is 29.1 Å². The molecule has 4 heteroatoms. The van der Waals surface area contributed by atoms with E-state index in [4.69, 9.17) is 0 Å². The molecule has 0 saturated heterocycles. The number of hydrogen-bond acceptors (Lipinski definition) is 1. The summed E-state index contributed by atoms with van der Waals surface area (Å²) in [4.78, 5) is 12.1. The van der Waals surface area contributed by atoms with Gasteiger partial charge in [0, 0.05) is 13.7 Å². The SMILES string of the molecule is Cc1ccc(NC(=O)c2cc(Br)ccc2I)cc1. The standard InChI is InChI=1S/C14H11BrINO/c1-9-2-5-11(6-3-9)17-14(18)12-8-10(15)4-7-13(12)16/h2-8H,1H3,(H,17,18). The van der Waals surface area contributed by atoms with Gasteiger partial charge in [-0.25, -0.2) is 0 Å². The molecule has 2 nitrogen and oxygen atoms in total. The van der Waals surface area contributed by atoms with Crippen molar-refractivity contribution in [1.29, 1.82) is 0 Å². The minimum Gasteiger partial charge on any atom is -0.322 e. The van der Waals surface area contributed by atoms with Crippen molar-refractivity contribution in [3.8, 4) is 0 Å². The maximum Gasteiger partial charge on any atom is 0.256 e. The highest BCUT2D eigenvalue weighted by Gasteiger charge is 2.10. The summed E-state index contributed by atoms with van der Waals surface area (Å²) in [5.74, 6) is -0.0930. The van der Waals surface area contributed by atoms with Gasteiger partial charge in [-0.15, -0.1) is 0 Å². The van der Waals surface area contributed by atoms with Crippen LogP contribution in [0, 0.1) is 10.5 Å². The van der Waals surface area contributed by atoms with Gasteiger partial charge in [0.05, 0.1) is 5.56 Å². The van der Waals surface area contributed by atoms with Crippen LogP contribution in [0.15, 0.2) is 46.9 Å². The number of nitrogens with one attached hydrogen (secondary N) is 1. The fourth-order valence-electron chi connectivity index (χ4n) is 1.51. The molecule has 0 heterocycles. The third-order valence-electron chi connectivity index (χ3n) is 2.48. The molecular weight excluding hydrogens is 405 g/mol. The number of amides is 1. The maximum atomic E-state index is 12.1. The van der Waals surface area contributed by atoms with E-state index in [-0.39, 0.29) is 5.91 Å². The van der Waals surface area contributed by atoms with Gasteiger partial charge in [-0.3, -0.25) is 4.79 Å². The first-order valence-electron chi connectivity index (χ1n) is 5.39. The summed E-state index contributed by atoms with van der Waals surface area (Å²) in [5.41, 5.74) is 2.65. The molecule has 1 amide bonds. The quantitative estimate of drug-likeness (QED) is 0.712. The molecule has 2 rings (SSSR count). The van der Waals surface area contributed by atoms with Gasteiger partial charge in [0.15, 0.2) is 0 Å². The predicted octanol–water partition coefficient (Wildman–Crippen LogP) is 4.61. The van der Waals surface area contributed by atoms with Gasteiger partial charge in [0.25, 0.3) is 5.91 Å². The number of benzene rings is 2. The van der Waals surface area contributed by atoms with Crippen LogP contribution >= 0.6 is 38.5 Å². The van der Waals surface area contributed by atoms with Crippen LogP contribution in [0.2, 0.25) is 0 Å². The van der Waals surface area contributed by atoms with E-state index in [1.165, 1.54) is 5.56 Å². The first-order chi connectivity index (χ1) is 8.56. The third kappa shape index (κ3) is 3.32. The lowest BCUT2D eigenvalue weighted by Crippen LogP contribution is -2.13. The highest BCUT2D eigenvalue weighted by molar-refractivity contribution is 14.1. The second kappa shape index (κ2) is 5.84. The molecule has 0 aliphatic rings. The van der Waals surface area contributed by atoms with Crippen LogP contribution in [0.3, 0.4) is 0 Å². The number of carbonyl (C=O) groups excluding carboxylic acids is 1. The Morgan fingerprint density at radius 1 is 1.17 bits per heavy atom. The summed E-state index contributed by atoms with van der Waals surface area (Å²) >= 11 is 5.53. The zero-order valence-electron chi connectivity index (χ0n) is 9.71. The van der Waals surface area contributed by atoms with E-state index in [0.29, 0.717) is 5.56 Å². The van der Waals surface area contributed by atoms with Crippen molar-refractivity contribution in [3.63, 3.8) is 0 Å². The van der Waals surface area contributed by atoms with Crippen LogP contribution in [-0.4, -0.2) is 5.91 Å². The van der Waals surface area contributed by atoms with E-state index in [1.807, 2.05) is 49.4 Å². The molecule has 0 aromatic heterocycles. The Kier molecular flexibility index (Phi) is 4.40. The molecule has 0 aliphatic heterocycles. The minimum atomic E-state index is -0.0930. The number of carbonyl (C=O) groups is 1. The van der Waals surface area contributed by atoms with Gasteiger partial charge >= 0.3 is 0 Å². The predicted molar refractivity (Wildman–Crippen MR) is 86.0 cm³/mol. The molecule has 0 radical (unpaired) electrons. The molecule has 2 aromatic rings. The molecule has 0 spiro atoms. The van der Waals surface area contributed by atoms with Gasteiger partial charge < -0.3 is 5.32 Å². The average molecular weight is 416 g/mol. The van der Waals surface area contributed by atoms with Crippen molar-refractivity contribution < 1.29 is 4.79 Å². The minimum absolute atomic E-state index is 0.0930. The monoisotopic (exact) mass is 415 g/mol. The second-order valence-corrected chi connectivity index (χ2v) is 6.02. The number of anilines is 1. The average Bonchev–Trinajstić information content (AvgIpc) is 2.35. The Hall–Kier alpha value is -0.880. The van der Waals surface area contributed by atoms with Crippen molar-refractivity contribution in [2.24, 2.45) is 0 Å². The third-order valence-corrected chi connectivity index (χ3v) is 3.92. The van der Waals surface area contributed by atoms with Gasteiger partial charge in [-0.2, -0.15) is 0 Å². The molecule has 92 valence electrons. The van der Waals surface area contributed by atoms with Gasteiger partial charge in [0.1, 0.15) is 0 Å². The van der Waals surface area contributed by atoms with Crippen LogP contribution < -0.4 is 5.32 Å². The van der Waals surface area contributed by atoms with Crippen molar-refractivity contribution in [1.82, 2.24) is 0 Å². The molecule has 18 heavy (non-hydrogen) atoms. The molecule has 0 unspecified atom stereocenters. The Balaban J connectivity index is 2.21. The van der Waals surface area contributed by atoms with Crippen molar-refractivity contribution in [2.45, 2.75) is 6.92 Å². The summed E-state index contributed by atoms with van der Waals surface area (Å²) in [7, 11) is 0. The molecule has 0 aliphatic carbocycles. The summed E-state index contributed by atoms with van der Waals surface area (Å²) in [6, 6.07) is 13.4. The highest BCUT2D eigenvalue weighted by atomic mass is 127. The van der Waals surface area contributed by atoms with Crippen LogP contribution in [0.25, 0.3) is 0 Å². The molecule has 1 N–H and O–H groups in total. The number of rotatable bonds is 2. The lowest BCUT2D eigenvalue weighted by molar-refractivity contribution is 0.102. The van der Waals surface area contributed by atoms with Crippen molar-refractivity contribution in [2.75, 3.05) is 5.32 Å². The normalized spacial score (nSPS) is 10.2. The second-order valence-electron chi connectivity index (χ2n) is 3.94. The lowest BCUT2D eigenvalue weighted by atomic mass is 10.2. The van der Waals surface area contributed by atoms with Crippen LogP contribution in [0.4, 0.5) is 5.69 Å². The number of aryl methyl sites for hydroxylation is 1. The zero-order chi connectivity index (χ0) is 13.1. The Morgan fingerprint density at radius 2 is 1.83 bits per heavy atom. The van der Waals surface area contributed by atoms with E-state index < -0.39 is 0 Å². The first-order valence-corrected chi connectivity index (χ1v) is 7.26. The first kappa shape index (κ1) is 13.5. The van der Waals surface area contributed by atoms with Crippen LogP contribution in [-0.2, 0) is 0 Å². The largest absolute Gasteiger partial charge is 0.322 e. The number of halogens is 2. The molecule has 0 bridgehead atoms. The van der Waals surface area contributed by atoms with Crippen molar-refractivity contribution >= 4 is 50.1 Å². The zero-order valence-corrected chi connectivity index (χ0v) is 13.4. The highest BCUT2D eigenvalue weighted by Crippen LogP contribution is 2.20. The molecular formula is C14H11BrINO. The van der Waals surface area contributed by atoms with Crippen LogP contribution in [0.5, 0.6) is 0 Å². The van der Waals surface area contributed by atoms with Crippen molar-refractivity contribution in [3.05, 3.63) is 61.6 Å². The fourth-order valence-corrected chi connectivity index (χ4v) is 2.45. The Morgan fingerprint density at radius 3 is 2.50 bits per heavy atom. The summed E-state index contributed by atoms with van der Waals surface area (Å²) < 4.78 is 1.83. The van der Waals surface area contributed by atoms with Gasteiger partial charge in [-0.05, 0) is 59.8 Å².